The fourth-order valence-electron chi connectivity index (χ4n) is 13.1. The summed E-state index contributed by atoms with van der Waals surface area (Å²) in [5.41, 5.74) is 5.77. The highest BCUT2D eigenvalue weighted by Crippen LogP contribution is 2.77. The van der Waals surface area contributed by atoms with E-state index in [1.54, 1.807) is 0 Å². The third-order valence-corrected chi connectivity index (χ3v) is 15.3. The summed E-state index contributed by atoms with van der Waals surface area (Å²) in [5.74, 6) is 2.50. The van der Waals surface area contributed by atoms with E-state index in [4.69, 9.17) is 0 Å². The largest absolute Gasteiger partial charge is 0.481 e. The van der Waals surface area contributed by atoms with Crippen molar-refractivity contribution < 1.29 is 14.7 Å². The molecule has 3 nitrogen and oxygen atoms in total. The first-order chi connectivity index (χ1) is 20.1. The van der Waals surface area contributed by atoms with Gasteiger partial charge in [0.2, 0.25) is 0 Å². The van der Waals surface area contributed by atoms with Crippen molar-refractivity contribution in [3.63, 3.8) is 0 Å². The lowest BCUT2D eigenvalue weighted by atomic mass is 9.32. The lowest BCUT2D eigenvalue weighted by Gasteiger charge is -2.72. The molecule has 1 aromatic rings. The molecule has 0 aromatic heterocycles. The van der Waals surface area contributed by atoms with Crippen LogP contribution in [0, 0.1) is 56.7 Å². The van der Waals surface area contributed by atoms with Gasteiger partial charge in [-0.05, 0) is 146 Å². The number of allylic oxidation sites excluding steroid dienone is 3. The average molecular weight is 585 g/mol. The molecule has 0 heterocycles. The smallest absolute Gasteiger partial charge is 0.303 e. The molecule has 6 rings (SSSR count). The van der Waals surface area contributed by atoms with Gasteiger partial charge in [0.1, 0.15) is 5.78 Å². The van der Waals surface area contributed by atoms with E-state index in [9.17, 15) is 14.7 Å². The van der Waals surface area contributed by atoms with Crippen molar-refractivity contribution in [3.05, 3.63) is 53.6 Å². The molecular weight excluding hydrogens is 528 g/mol. The van der Waals surface area contributed by atoms with Gasteiger partial charge in [-0.2, -0.15) is 0 Å². The first kappa shape index (κ1) is 30.8. The minimum absolute atomic E-state index is 0.0122. The Morgan fingerprint density at radius 2 is 1.60 bits per heavy atom. The minimum Gasteiger partial charge on any atom is -0.481 e. The van der Waals surface area contributed by atoms with Gasteiger partial charge in [0, 0.05) is 11.8 Å². The van der Waals surface area contributed by atoms with Gasteiger partial charge in [-0.25, -0.2) is 0 Å². The Hall–Kier alpha value is -2.16. The molecule has 5 aliphatic carbocycles. The molecule has 0 spiro atoms. The molecule has 0 unspecified atom stereocenters. The summed E-state index contributed by atoms with van der Waals surface area (Å²) < 4.78 is 0. The molecule has 1 aromatic carbocycles. The standard InChI is InChI=1S/C40H56O3/c1-25(2)28-17-22-40(26(3)41)24-23-38(7)31(35(28)40)14-15-33-37(6)20-18-30(36(4,5)32(37)19-21-39(33,38)8)29-12-10-9-11-27(29)13-16-34(42)43/h9-12,18,28,31-33,35H,1,13-17,19-24H2,2-8H3,(H,42,43)/t28-,31+,32-,33+,35+,37-,38+,39+,40+/m0/s1. The van der Waals surface area contributed by atoms with Crippen LogP contribution in [0.1, 0.15) is 124 Å². The van der Waals surface area contributed by atoms with Crippen LogP contribution in [0.4, 0.5) is 0 Å². The molecule has 0 aliphatic heterocycles. The van der Waals surface area contributed by atoms with E-state index < -0.39 is 5.97 Å². The summed E-state index contributed by atoms with van der Waals surface area (Å²) >= 11 is 0. The van der Waals surface area contributed by atoms with Crippen LogP contribution in [0.25, 0.3) is 5.57 Å². The Morgan fingerprint density at radius 1 is 0.884 bits per heavy atom. The quantitative estimate of drug-likeness (QED) is 0.339. The first-order valence-electron chi connectivity index (χ1n) is 17.3. The molecule has 1 N–H and O–H groups in total. The molecule has 43 heavy (non-hydrogen) atoms. The van der Waals surface area contributed by atoms with Crippen LogP contribution in [0.5, 0.6) is 0 Å². The predicted octanol–water partition coefficient (Wildman–Crippen LogP) is 9.94. The normalized spacial score (nSPS) is 43.0. The van der Waals surface area contributed by atoms with Crippen LogP contribution in [-0.4, -0.2) is 16.9 Å². The number of benzene rings is 1. The average Bonchev–Trinajstić information content (AvgIpc) is 3.34. The minimum atomic E-state index is -0.731. The van der Waals surface area contributed by atoms with Crippen LogP contribution in [0.3, 0.4) is 0 Å². The van der Waals surface area contributed by atoms with Crippen molar-refractivity contribution in [1.82, 2.24) is 0 Å². The fraction of sp³-hybridized carbons (Fsp3) is 0.700. The van der Waals surface area contributed by atoms with Crippen LogP contribution < -0.4 is 0 Å². The molecular formula is C40H56O3. The van der Waals surface area contributed by atoms with Gasteiger partial charge in [0.25, 0.3) is 0 Å². The topological polar surface area (TPSA) is 54.4 Å². The second kappa shape index (κ2) is 10.2. The van der Waals surface area contributed by atoms with Gasteiger partial charge in [-0.1, -0.05) is 77.1 Å². The monoisotopic (exact) mass is 584 g/mol. The SMILES string of the molecule is C=C(C)[C@@H]1CC[C@]2(C(C)=O)CC[C@]3(C)[C@H](CC[C@@H]4[C@@]5(C)CC=C(c6ccccc6CCC(=O)O)C(C)(C)[C@@H]5CC[C@]43C)[C@@H]12. The number of aliphatic carboxylic acids is 1. The second-order valence-corrected chi connectivity index (χ2v) is 17.0. The molecule has 5 aliphatic rings. The highest BCUT2D eigenvalue weighted by atomic mass is 16.4. The Morgan fingerprint density at radius 3 is 2.28 bits per heavy atom. The maximum absolute atomic E-state index is 13.4. The van der Waals surface area contributed by atoms with Crippen LogP contribution in [0.15, 0.2) is 42.5 Å². The maximum atomic E-state index is 13.4. The number of carboxylic acid groups (broad SMARTS) is 1. The number of hydrogen-bond acceptors (Lipinski definition) is 2. The third-order valence-electron chi connectivity index (χ3n) is 15.3. The fourth-order valence-corrected chi connectivity index (χ4v) is 13.1. The van der Waals surface area contributed by atoms with Crippen molar-refractivity contribution in [1.29, 1.82) is 0 Å². The lowest BCUT2D eigenvalue weighted by molar-refractivity contribution is -0.224. The van der Waals surface area contributed by atoms with Crippen LogP contribution in [0.2, 0.25) is 0 Å². The molecule has 9 atom stereocenters. The number of ketones is 1. The van der Waals surface area contributed by atoms with E-state index in [1.165, 1.54) is 54.4 Å². The zero-order valence-electron chi connectivity index (χ0n) is 28.0. The Kier molecular flexibility index (Phi) is 7.30. The summed E-state index contributed by atoms with van der Waals surface area (Å²) in [4.78, 5) is 24.8. The number of hydrogen-bond donors (Lipinski definition) is 1. The van der Waals surface area contributed by atoms with Gasteiger partial charge in [0.05, 0.1) is 0 Å². The summed E-state index contributed by atoms with van der Waals surface area (Å²) in [7, 11) is 0. The van der Waals surface area contributed by atoms with Gasteiger partial charge in [-0.15, -0.1) is 0 Å². The summed E-state index contributed by atoms with van der Waals surface area (Å²) in [5, 5.41) is 9.40. The number of fused-ring (bicyclic) bond motifs is 7. The molecule has 3 heteroatoms. The molecule has 0 amide bonds. The Bertz CT molecular complexity index is 1370. The summed E-state index contributed by atoms with van der Waals surface area (Å²) in [6, 6.07) is 8.54. The van der Waals surface area contributed by atoms with Gasteiger partial charge in [-0.3, -0.25) is 9.59 Å². The van der Waals surface area contributed by atoms with E-state index in [0.717, 1.165) is 25.7 Å². The van der Waals surface area contributed by atoms with Crippen molar-refractivity contribution in [2.75, 3.05) is 0 Å². The summed E-state index contributed by atoms with van der Waals surface area (Å²) in [6.07, 6.45) is 13.9. The molecule has 0 bridgehead atoms. The number of Topliss-reactive ketones (excluding diaryl/α,β-unsaturated/α-hetero) is 1. The van der Waals surface area contributed by atoms with E-state index in [0.29, 0.717) is 41.8 Å². The van der Waals surface area contributed by atoms with Crippen molar-refractivity contribution >= 4 is 17.3 Å². The predicted molar refractivity (Wildman–Crippen MR) is 175 cm³/mol. The van der Waals surface area contributed by atoms with E-state index in [2.05, 4.69) is 78.5 Å². The van der Waals surface area contributed by atoms with E-state index >= 15 is 0 Å². The highest BCUT2D eigenvalue weighted by molar-refractivity contribution is 5.83. The Balaban J connectivity index is 1.37. The van der Waals surface area contributed by atoms with Gasteiger partial charge >= 0.3 is 5.97 Å². The van der Waals surface area contributed by atoms with Crippen LogP contribution >= 0.6 is 0 Å². The molecule has 0 radical (unpaired) electrons. The second-order valence-electron chi connectivity index (χ2n) is 17.0. The first-order valence-corrected chi connectivity index (χ1v) is 17.3. The van der Waals surface area contributed by atoms with E-state index in [1.807, 2.05) is 6.92 Å². The lowest BCUT2D eigenvalue weighted by Crippen LogP contribution is -2.65. The van der Waals surface area contributed by atoms with Gasteiger partial charge in [0.15, 0.2) is 0 Å². The van der Waals surface area contributed by atoms with Crippen molar-refractivity contribution in [2.45, 2.75) is 119 Å². The molecule has 4 fully saturated rings. The van der Waals surface area contributed by atoms with E-state index in [-0.39, 0.29) is 33.5 Å². The maximum Gasteiger partial charge on any atom is 0.303 e. The third kappa shape index (κ3) is 4.18. The van der Waals surface area contributed by atoms with Crippen LogP contribution in [-0.2, 0) is 16.0 Å². The molecule has 4 saturated carbocycles. The number of carbonyl (C=O) groups is 2. The highest BCUT2D eigenvalue weighted by Gasteiger charge is 2.71. The van der Waals surface area contributed by atoms with Crippen molar-refractivity contribution in [3.8, 4) is 0 Å². The molecule has 0 saturated heterocycles. The zero-order chi connectivity index (χ0) is 31.2. The van der Waals surface area contributed by atoms with Gasteiger partial charge < -0.3 is 5.11 Å². The molecule has 234 valence electrons. The number of carboxylic acids is 1. The number of rotatable bonds is 6. The number of carbonyl (C=O) groups excluding carboxylic acids is 1. The summed E-state index contributed by atoms with van der Waals surface area (Å²) in [6.45, 7) is 21.5. The zero-order valence-corrected chi connectivity index (χ0v) is 28.0. The van der Waals surface area contributed by atoms with Crippen molar-refractivity contribution in [2.24, 2.45) is 56.7 Å². The Labute approximate surface area is 261 Å². The number of aryl methyl sites for hydroxylation is 1.